The van der Waals surface area contributed by atoms with Gasteiger partial charge in [-0.25, -0.2) is 9.97 Å². The Labute approximate surface area is 443 Å². The smallest absolute Gasteiger partial charge is 0.270 e. The molecule has 1 aliphatic heterocycles. The van der Waals surface area contributed by atoms with Crippen molar-refractivity contribution in [2.75, 3.05) is 68.5 Å². The van der Waals surface area contributed by atoms with Crippen LogP contribution in [0.1, 0.15) is 75.4 Å². The van der Waals surface area contributed by atoms with E-state index in [-0.39, 0.29) is 36.1 Å². The second kappa shape index (κ2) is 25.9. The SMILES string of the molecule is CC(C)C[C@H]1C(=O)N(C)CC(=O)N(C)[C@@H](C)C(=O)NC[C@H](NC(=O)c2ccc3ccccc3n2)C(=O)N(C)[C@@H](CC(C)C)C(=O)N(C)CC(=O)N(C)[C@@H](C)C(=O)NC[C@H](NC(=O)c2ccc3ccccc3n2)C(=O)N1C. The van der Waals surface area contributed by atoms with Gasteiger partial charge in [-0.15, -0.1) is 0 Å². The molecule has 4 N–H and O–H groups in total. The summed E-state index contributed by atoms with van der Waals surface area (Å²) in [6.45, 7) is 8.17. The van der Waals surface area contributed by atoms with E-state index in [0.717, 1.165) is 40.2 Å². The van der Waals surface area contributed by atoms with Crippen LogP contribution in [-0.2, 0) is 38.4 Å². The molecule has 0 unspecified atom stereocenters. The molecule has 2 aromatic heterocycles. The molecule has 0 aliphatic carbocycles. The molecule has 1 saturated heterocycles. The van der Waals surface area contributed by atoms with Crippen molar-refractivity contribution >= 4 is 80.9 Å². The van der Waals surface area contributed by atoms with Crippen LogP contribution in [-0.4, -0.2) is 203 Å². The lowest BCUT2D eigenvalue weighted by atomic mass is 10.0. The first-order valence-corrected chi connectivity index (χ1v) is 25.2. The summed E-state index contributed by atoms with van der Waals surface area (Å²) in [6, 6.07) is 12.9. The summed E-state index contributed by atoms with van der Waals surface area (Å²) in [7, 11) is 8.22. The van der Waals surface area contributed by atoms with Gasteiger partial charge in [0.2, 0.25) is 47.3 Å². The van der Waals surface area contributed by atoms with Gasteiger partial charge in [0.25, 0.3) is 11.8 Å². The summed E-state index contributed by atoms with van der Waals surface area (Å²) >= 11 is 0. The number of hydrogen-bond donors (Lipinski definition) is 4. The van der Waals surface area contributed by atoms with Crippen LogP contribution in [0.25, 0.3) is 21.8 Å². The Morgan fingerprint density at radius 2 is 0.855 bits per heavy atom. The van der Waals surface area contributed by atoms with Crippen LogP contribution in [0.3, 0.4) is 0 Å². The van der Waals surface area contributed by atoms with Crippen molar-refractivity contribution in [1.29, 1.82) is 0 Å². The molecule has 1 aliphatic rings. The van der Waals surface area contributed by atoms with Crippen molar-refractivity contribution in [3.05, 3.63) is 84.2 Å². The maximum Gasteiger partial charge on any atom is 0.270 e. The number of nitrogens with one attached hydrogen (secondary N) is 4. The zero-order valence-corrected chi connectivity index (χ0v) is 45.4. The van der Waals surface area contributed by atoms with Crippen molar-refractivity contribution in [2.45, 2.75) is 90.6 Å². The molecule has 0 bridgehead atoms. The fraction of sp³-hybridized carbons (Fsp3) is 0.481. The van der Waals surface area contributed by atoms with Crippen molar-refractivity contribution in [1.82, 2.24) is 60.6 Å². The first-order chi connectivity index (χ1) is 35.8. The van der Waals surface area contributed by atoms with Crippen molar-refractivity contribution in [3.8, 4) is 0 Å². The van der Waals surface area contributed by atoms with Gasteiger partial charge in [0.05, 0.1) is 24.1 Å². The molecule has 0 spiro atoms. The Bertz CT molecular complexity index is 2650. The first-order valence-electron chi connectivity index (χ1n) is 25.2. The van der Waals surface area contributed by atoms with Crippen LogP contribution in [0.15, 0.2) is 72.8 Å². The molecular weight excluding hydrogens is 977 g/mol. The number of aromatic nitrogens is 2. The molecule has 0 saturated carbocycles. The number of benzene rings is 2. The van der Waals surface area contributed by atoms with Gasteiger partial charge in [-0.2, -0.15) is 0 Å². The first kappa shape index (κ1) is 58.8. The van der Waals surface area contributed by atoms with Crippen molar-refractivity contribution in [2.24, 2.45) is 11.8 Å². The van der Waals surface area contributed by atoms with Gasteiger partial charge in [0, 0.05) is 66.1 Å². The molecule has 10 amide bonds. The molecule has 22 nitrogen and oxygen atoms in total. The quantitative estimate of drug-likeness (QED) is 0.195. The second-order valence-corrected chi connectivity index (χ2v) is 20.3. The molecule has 0 radical (unpaired) electrons. The number of hydrogen-bond acceptors (Lipinski definition) is 12. The fourth-order valence-corrected chi connectivity index (χ4v) is 8.57. The van der Waals surface area contributed by atoms with Gasteiger partial charge < -0.3 is 50.7 Å². The lowest BCUT2D eigenvalue weighted by molar-refractivity contribution is -0.149. The third-order valence-corrected chi connectivity index (χ3v) is 13.6. The number of fused-ring (bicyclic) bond motifs is 2. The number of carbonyl (C=O) groups excluding carboxylic acids is 10. The molecule has 76 heavy (non-hydrogen) atoms. The van der Waals surface area contributed by atoms with E-state index in [1.54, 1.807) is 36.4 Å². The minimum absolute atomic E-state index is 0.0266. The highest BCUT2D eigenvalue weighted by molar-refractivity contribution is 6.01. The van der Waals surface area contributed by atoms with E-state index in [2.05, 4.69) is 31.2 Å². The molecular formula is C54H72N12O10. The Balaban J connectivity index is 1.50. The summed E-state index contributed by atoms with van der Waals surface area (Å²) < 4.78 is 0. The fourth-order valence-electron chi connectivity index (χ4n) is 8.57. The van der Waals surface area contributed by atoms with Crippen LogP contribution in [0.2, 0.25) is 0 Å². The molecule has 408 valence electrons. The van der Waals surface area contributed by atoms with E-state index in [0.29, 0.717) is 11.0 Å². The third-order valence-electron chi connectivity index (χ3n) is 13.6. The van der Waals surface area contributed by atoms with Crippen LogP contribution in [0.4, 0.5) is 0 Å². The second-order valence-electron chi connectivity index (χ2n) is 20.3. The number of amides is 10. The van der Waals surface area contributed by atoms with Gasteiger partial charge in [0.15, 0.2) is 0 Å². The van der Waals surface area contributed by atoms with Gasteiger partial charge >= 0.3 is 0 Å². The van der Waals surface area contributed by atoms with Gasteiger partial charge in [-0.1, -0.05) is 76.2 Å². The summed E-state index contributed by atoms with van der Waals surface area (Å²) in [4.78, 5) is 157. The van der Waals surface area contributed by atoms with E-state index in [1.807, 2.05) is 52.0 Å². The maximum atomic E-state index is 14.6. The summed E-state index contributed by atoms with van der Waals surface area (Å²) in [5.41, 5.74) is 0.979. The number of rotatable bonds is 8. The summed E-state index contributed by atoms with van der Waals surface area (Å²) in [5.74, 6) is -7.40. The molecule has 4 aromatic rings. The standard InChI is InChI=1S/C54H72N12O10/c1-31(2)25-43-53(75)61(7)29-45(67)63(9)33(5)48(70)56-28-42(60-50(72)40-24-22-36-18-14-16-20-38(36)58-40)52(74)66(12)44(26-32(3)4)54(76)62(8)30-46(68)64(10)34(6)47(69)55-27-41(51(73)65(43)11)59-49(71)39-23-21-35-17-13-15-19-37(35)57-39/h13-24,31-34,41-44H,25-30H2,1-12H3,(H,55,69)(H,56,70)(H,59,71)(H,60,72)/t33-,34-,41-,42-,43-,44-/m0/s1. The lowest BCUT2D eigenvalue weighted by Gasteiger charge is -2.35. The highest BCUT2D eigenvalue weighted by Crippen LogP contribution is 2.19. The molecule has 3 heterocycles. The topological polar surface area (TPSA) is 264 Å². The van der Waals surface area contributed by atoms with Crippen LogP contribution in [0.5, 0.6) is 0 Å². The van der Waals surface area contributed by atoms with Gasteiger partial charge in [-0.05, 0) is 62.8 Å². The Hall–Kier alpha value is -8.04. The predicted octanol–water partition coefficient (Wildman–Crippen LogP) is 1.28. The van der Waals surface area contributed by atoms with E-state index in [1.165, 1.54) is 68.3 Å². The van der Waals surface area contributed by atoms with E-state index in [4.69, 9.17) is 0 Å². The number of pyridine rings is 2. The largest absolute Gasteiger partial charge is 0.352 e. The van der Waals surface area contributed by atoms with E-state index < -0.39 is 122 Å². The van der Waals surface area contributed by atoms with Crippen molar-refractivity contribution < 1.29 is 47.9 Å². The Morgan fingerprint density at radius 1 is 0.513 bits per heavy atom. The molecule has 5 rings (SSSR count). The normalized spacial score (nSPS) is 22.2. The van der Waals surface area contributed by atoms with E-state index >= 15 is 0 Å². The minimum Gasteiger partial charge on any atom is -0.352 e. The molecule has 1 fully saturated rings. The van der Waals surface area contributed by atoms with E-state index in [9.17, 15) is 47.9 Å². The maximum absolute atomic E-state index is 14.6. The van der Waals surface area contributed by atoms with Crippen LogP contribution < -0.4 is 21.3 Å². The predicted molar refractivity (Wildman–Crippen MR) is 284 cm³/mol. The average molecular weight is 1050 g/mol. The van der Waals surface area contributed by atoms with Crippen LogP contribution in [0, 0.1) is 11.8 Å². The summed E-state index contributed by atoms with van der Waals surface area (Å²) in [6.07, 6.45) is 0.240. The zero-order valence-electron chi connectivity index (χ0n) is 45.4. The molecule has 2 aromatic carbocycles. The molecule has 6 atom stereocenters. The molecule has 22 heteroatoms. The third kappa shape index (κ3) is 14.6. The zero-order chi connectivity index (χ0) is 56.3. The number of carbonyl (C=O) groups is 10. The summed E-state index contributed by atoms with van der Waals surface area (Å²) in [5, 5.41) is 12.2. The van der Waals surface area contributed by atoms with Gasteiger partial charge in [0.1, 0.15) is 47.6 Å². The lowest BCUT2D eigenvalue weighted by Crippen LogP contribution is -2.60. The minimum atomic E-state index is -1.48. The Morgan fingerprint density at radius 3 is 1.20 bits per heavy atom. The Kier molecular flexibility index (Phi) is 20.1. The number of para-hydroxylation sites is 2. The number of nitrogens with zero attached hydrogens (tertiary/aromatic N) is 8. The highest BCUT2D eigenvalue weighted by Gasteiger charge is 2.39. The monoisotopic (exact) mass is 1050 g/mol. The van der Waals surface area contributed by atoms with Crippen molar-refractivity contribution in [3.63, 3.8) is 0 Å². The highest BCUT2D eigenvalue weighted by atomic mass is 16.2. The van der Waals surface area contributed by atoms with Crippen LogP contribution >= 0.6 is 0 Å². The van der Waals surface area contributed by atoms with Gasteiger partial charge in [-0.3, -0.25) is 47.9 Å². The average Bonchev–Trinajstić information content (AvgIpc) is 3.40. The number of likely N-dealkylation sites (N-methyl/N-ethyl adjacent to an activating group) is 6.